The van der Waals surface area contributed by atoms with Crippen molar-refractivity contribution < 1.29 is 0 Å². The Morgan fingerprint density at radius 1 is 0.556 bits per heavy atom. The molecule has 0 N–H and O–H groups in total. The maximum absolute atomic E-state index is 2.28. The van der Waals surface area contributed by atoms with Gasteiger partial charge < -0.3 is 0 Å². The number of rotatable bonds is 0. The van der Waals surface area contributed by atoms with E-state index in [4.69, 9.17) is 0 Å². The van der Waals surface area contributed by atoms with Crippen LogP contribution in [0.2, 0.25) is 0 Å². The highest BCUT2D eigenvalue weighted by molar-refractivity contribution is 5.49. The van der Waals surface area contributed by atoms with Gasteiger partial charge in [-0.25, -0.2) is 0 Å². The first kappa shape index (κ1) is 11.3. The molecule has 0 aromatic heterocycles. The molecule has 4 bridgehead atoms. The molecular formula is C18H18. The minimum atomic E-state index is 1.11. The Bertz CT molecular complexity index is 529. The molecule has 18 heavy (non-hydrogen) atoms. The van der Waals surface area contributed by atoms with E-state index in [0.717, 1.165) is 25.7 Å². The summed E-state index contributed by atoms with van der Waals surface area (Å²) in [6.07, 6.45) is 9.01. The predicted octanol–water partition coefficient (Wildman–Crippen LogP) is 4.43. The molecule has 0 spiro atoms. The number of allylic oxidation sites excluding steroid dienone is 1. The van der Waals surface area contributed by atoms with E-state index in [2.05, 4.69) is 60.7 Å². The molecule has 0 unspecified atom stereocenters. The molecule has 4 aliphatic rings. The Morgan fingerprint density at radius 3 is 1.67 bits per heavy atom. The van der Waals surface area contributed by atoms with E-state index in [1.54, 1.807) is 0 Å². The molecule has 0 heterocycles. The van der Waals surface area contributed by atoms with Crippen LogP contribution in [0.25, 0.3) is 6.08 Å². The van der Waals surface area contributed by atoms with Gasteiger partial charge in [0.2, 0.25) is 0 Å². The number of hydrogen-bond acceptors (Lipinski definition) is 0. The fraction of sp³-hybridized carbons (Fsp3) is 0.222. The summed E-state index contributed by atoms with van der Waals surface area (Å²) in [7, 11) is 0. The fourth-order valence-corrected chi connectivity index (χ4v) is 2.43. The molecule has 4 aliphatic carbocycles. The van der Waals surface area contributed by atoms with Crippen LogP contribution in [-0.4, -0.2) is 0 Å². The van der Waals surface area contributed by atoms with Gasteiger partial charge in [-0.15, -0.1) is 0 Å². The summed E-state index contributed by atoms with van der Waals surface area (Å²) >= 11 is 0. The molecule has 0 fully saturated rings. The highest BCUT2D eigenvalue weighted by Gasteiger charge is 1.99. The van der Waals surface area contributed by atoms with Gasteiger partial charge in [-0.1, -0.05) is 60.7 Å². The summed E-state index contributed by atoms with van der Waals surface area (Å²) < 4.78 is 0. The number of aryl methyl sites for hydroxylation is 3. The van der Waals surface area contributed by atoms with E-state index in [-0.39, 0.29) is 0 Å². The topological polar surface area (TPSA) is 0 Å². The van der Waals surface area contributed by atoms with Crippen molar-refractivity contribution in [1.82, 2.24) is 0 Å². The lowest BCUT2D eigenvalue weighted by Crippen LogP contribution is -1.93. The smallest absolute Gasteiger partial charge is 0.0238 e. The molecule has 0 atom stereocenters. The monoisotopic (exact) mass is 234 g/mol. The second kappa shape index (κ2) is 5.22. The third-order valence-corrected chi connectivity index (χ3v) is 3.62. The van der Waals surface area contributed by atoms with Crippen LogP contribution in [-0.2, 0) is 19.3 Å². The molecule has 0 radical (unpaired) electrons. The van der Waals surface area contributed by atoms with Crippen LogP contribution in [0.5, 0.6) is 0 Å². The van der Waals surface area contributed by atoms with Gasteiger partial charge in [0.25, 0.3) is 0 Å². The maximum Gasteiger partial charge on any atom is -0.0238 e. The van der Waals surface area contributed by atoms with Crippen LogP contribution in [0, 0.1) is 0 Å². The van der Waals surface area contributed by atoms with E-state index in [1.807, 2.05) is 0 Å². The first-order valence-corrected chi connectivity index (χ1v) is 6.73. The van der Waals surface area contributed by atoms with Crippen LogP contribution in [0.3, 0.4) is 0 Å². The van der Waals surface area contributed by atoms with Crippen molar-refractivity contribution >= 4 is 6.08 Å². The van der Waals surface area contributed by atoms with E-state index in [1.165, 1.54) is 22.3 Å². The predicted molar refractivity (Wildman–Crippen MR) is 77.6 cm³/mol. The number of benzene rings is 2. The van der Waals surface area contributed by atoms with E-state index >= 15 is 0 Å². The molecule has 0 saturated carbocycles. The molecule has 0 amide bonds. The van der Waals surface area contributed by atoms with Gasteiger partial charge in [0.15, 0.2) is 0 Å². The van der Waals surface area contributed by atoms with Gasteiger partial charge in [-0.3, -0.25) is 0 Å². The molecule has 0 nitrogen and oxygen atoms in total. The quantitative estimate of drug-likeness (QED) is 0.632. The largest absolute Gasteiger partial charge is 0.0836 e. The van der Waals surface area contributed by atoms with E-state index in [9.17, 15) is 0 Å². The summed E-state index contributed by atoms with van der Waals surface area (Å²) in [5, 5.41) is 0. The molecule has 0 aliphatic heterocycles. The third-order valence-electron chi connectivity index (χ3n) is 3.62. The van der Waals surface area contributed by atoms with Gasteiger partial charge in [0, 0.05) is 0 Å². The Morgan fingerprint density at radius 2 is 1.06 bits per heavy atom. The van der Waals surface area contributed by atoms with Gasteiger partial charge >= 0.3 is 0 Å². The van der Waals surface area contributed by atoms with Crippen LogP contribution in [0.15, 0.2) is 54.6 Å². The molecule has 2 aromatic carbocycles. The maximum atomic E-state index is 2.28. The van der Waals surface area contributed by atoms with Crippen LogP contribution < -0.4 is 0 Å². The molecule has 90 valence electrons. The van der Waals surface area contributed by atoms with E-state index < -0.39 is 0 Å². The van der Waals surface area contributed by atoms with Crippen LogP contribution >= 0.6 is 0 Å². The van der Waals surface area contributed by atoms with Gasteiger partial charge in [0.1, 0.15) is 0 Å². The minimum absolute atomic E-state index is 1.11. The SMILES string of the molecule is C1=C\c2ccc(cc2)CCc2ccc(cc2)CC/1. The van der Waals surface area contributed by atoms with Crippen molar-refractivity contribution in [3.8, 4) is 0 Å². The third kappa shape index (κ3) is 2.70. The van der Waals surface area contributed by atoms with Crippen molar-refractivity contribution in [3.05, 3.63) is 76.9 Å². The Hall–Kier alpha value is -1.82. The average molecular weight is 234 g/mol. The first-order valence-electron chi connectivity index (χ1n) is 6.73. The highest BCUT2D eigenvalue weighted by Crippen LogP contribution is 2.14. The lowest BCUT2D eigenvalue weighted by atomic mass is 10.00. The Balaban J connectivity index is 1.91. The Labute approximate surface area is 109 Å². The summed E-state index contributed by atoms with van der Waals surface area (Å²) in [5.41, 5.74) is 5.61. The van der Waals surface area contributed by atoms with Crippen molar-refractivity contribution in [3.63, 3.8) is 0 Å². The minimum Gasteiger partial charge on any atom is -0.0836 e. The highest BCUT2D eigenvalue weighted by atomic mass is 14.0. The first-order chi connectivity index (χ1) is 8.90. The molecular weight excluding hydrogens is 216 g/mol. The fourth-order valence-electron chi connectivity index (χ4n) is 2.43. The summed E-state index contributed by atoms with van der Waals surface area (Å²) in [5.74, 6) is 0. The summed E-state index contributed by atoms with van der Waals surface area (Å²) in [4.78, 5) is 0. The Kier molecular flexibility index (Phi) is 3.27. The molecule has 6 rings (SSSR count). The zero-order valence-electron chi connectivity index (χ0n) is 10.6. The standard InChI is InChI=1S/C18H18/c1-2-4-16-7-11-18(12-8-16)14-13-17-9-5-15(3-1)6-10-17/h1,3,5-12H,2,4,13-14H2/b3-1-. The zero-order valence-corrected chi connectivity index (χ0v) is 10.6. The lowest BCUT2D eigenvalue weighted by Gasteiger charge is -2.06. The summed E-state index contributed by atoms with van der Waals surface area (Å²) in [6.45, 7) is 0. The van der Waals surface area contributed by atoms with E-state index in [0.29, 0.717) is 0 Å². The molecule has 0 heteroatoms. The zero-order chi connectivity index (χ0) is 12.2. The molecule has 0 saturated heterocycles. The second-order valence-electron chi connectivity index (χ2n) is 5.00. The van der Waals surface area contributed by atoms with Crippen molar-refractivity contribution in [2.75, 3.05) is 0 Å². The normalized spacial score (nSPS) is 16.4. The average Bonchev–Trinajstić information content (AvgIpc) is 2.44. The van der Waals surface area contributed by atoms with Crippen molar-refractivity contribution in [2.45, 2.75) is 25.7 Å². The van der Waals surface area contributed by atoms with Crippen molar-refractivity contribution in [2.24, 2.45) is 0 Å². The van der Waals surface area contributed by atoms with Gasteiger partial charge in [-0.05, 0) is 47.9 Å². The van der Waals surface area contributed by atoms with Gasteiger partial charge in [-0.2, -0.15) is 0 Å². The summed E-state index contributed by atoms with van der Waals surface area (Å²) in [6, 6.07) is 18.0. The van der Waals surface area contributed by atoms with Crippen LogP contribution in [0.1, 0.15) is 28.7 Å². The van der Waals surface area contributed by atoms with Crippen LogP contribution in [0.4, 0.5) is 0 Å². The van der Waals surface area contributed by atoms with Crippen molar-refractivity contribution in [1.29, 1.82) is 0 Å². The lowest BCUT2D eigenvalue weighted by molar-refractivity contribution is 0.950. The van der Waals surface area contributed by atoms with Gasteiger partial charge in [0.05, 0.1) is 0 Å². The number of hydrogen-bond donors (Lipinski definition) is 0. The second-order valence-corrected chi connectivity index (χ2v) is 5.00. The molecule has 2 aromatic rings.